The number of H-pyrrole nitrogens is 1. The van der Waals surface area contributed by atoms with Crippen LogP contribution in [0.2, 0.25) is 0 Å². The van der Waals surface area contributed by atoms with Crippen LogP contribution in [0.5, 0.6) is 0 Å². The van der Waals surface area contributed by atoms with Gasteiger partial charge >= 0.3 is 0 Å². The number of nitrogens with one attached hydrogen (secondary N) is 1. The predicted octanol–water partition coefficient (Wildman–Crippen LogP) is 2.76. The first-order chi connectivity index (χ1) is 11.6. The normalized spacial score (nSPS) is 18.2. The fourth-order valence-electron chi connectivity index (χ4n) is 3.30. The van der Waals surface area contributed by atoms with E-state index in [4.69, 9.17) is 0 Å². The molecule has 0 unspecified atom stereocenters. The maximum atomic E-state index is 12.9. The van der Waals surface area contributed by atoms with Crippen molar-refractivity contribution in [3.63, 3.8) is 0 Å². The molecule has 6 nitrogen and oxygen atoms in total. The third-order valence-corrected chi connectivity index (χ3v) is 5.51. The molecule has 0 aromatic carbocycles. The largest absolute Gasteiger partial charge is 0.329 e. The molecule has 1 saturated heterocycles. The molecule has 1 atom stereocenters. The number of hydrogen-bond donors (Lipinski definition) is 1. The summed E-state index contributed by atoms with van der Waals surface area (Å²) in [6.07, 6.45) is 6.11. The third-order valence-electron chi connectivity index (χ3n) is 4.48. The number of carbonyl (C=O) groups excluding carboxylic acids is 1. The number of amides is 1. The molecule has 0 saturated carbocycles. The van der Waals surface area contributed by atoms with Crippen molar-refractivity contribution in [1.82, 2.24) is 19.3 Å². The van der Waals surface area contributed by atoms with Crippen LogP contribution < -0.4 is 5.56 Å². The second-order valence-electron chi connectivity index (χ2n) is 6.18. The maximum Gasteiger partial charge on any atom is 0.264 e. The Morgan fingerprint density at radius 2 is 2.25 bits per heavy atom. The Bertz CT molecular complexity index is 955. The number of hydrogen-bond acceptors (Lipinski definition) is 4. The summed E-state index contributed by atoms with van der Waals surface area (Å²) >= 11 is 1.48. The summed E-state index contributed by atoms with van der Waals surface area (Å²) in [4.78, 5) is 35.2. The molecule has 7 heteroatoms. The Labute approximate surface area is 142 Å². The van der Waals surface area contributed by atoms with E-state index in [9.17, 15) is 9.59 Å². The van der Waals surface area contributed by atoms with Crippen LogP contribution in [0.3, 0.4) is 0 Å². The van der Waals surface area contributed by atoms with E-state index in [0.29, 0.717) is 12.3 Å². The molecule has 1 N–H and O–H groups in total. The molecular weight excluding hydrogens is 324 g/mol. The summed E-state index contributed by atoms with van der Waals surface area (Å²) in [5, 5.41) is 1.99. The van der Waals surface area contributed by atoms with E-state index < -0.39 is 0 Å². The van der Waals surface area contributed by atoms with Crippen LogP contribution in [-0.2, 0) is 0 Å². The lowest BCUT2D eigenvalue weighted by Crippen LogP contribution is -2.39. The molecule has 3 aromatic heterocycles. The number of aromatic amines is 1. The minimum atomic E-state index is -0.124. The van der Waals surface area contributed by atoms with E-state index in [2.05, 4.69) is 9.97 Å². The zero-order valence-electron chi connectivity index (χ0n) is 13.4. The van der Waals surface area contributed by atoms with Crippen LogP contribution >= 0.6 is 11.3 Å². The van der Waals surface area contributed by atoms with Crippen LogP contribution in [0.15, 0.2) is 34.7 Å². The fraction of sp³-hybridized carbons (Fsp3) is 0.353. The van der Waals surface area contributed by atoms with Crippen molar-refractivity contribution in [2.45, 2.75) is 32.2 Å². The van der Waals surface area contributed by atoms with Crippen LogP contribution in [-0.4, -0.2) is 31.7 Å². The van der Waals surface area contributed by atoms with Gasteiger partial charge in [0.05, 0.1) is 10.9 Å². The summed E-state index contributed by atoms with van der Waals surface area (Å²) in [5.74, 6) is 0.560. The van der Waals surface area contributed by atoms with Gasteiger partial charge in [0.25, 0.3) is 11.5 Å². The van der Waals surface area contributed by atoms with Crippen molar-refractivity contribution in [1.29, 1.82) is 0 Å². The number of aromatic nitrogens is 3. The van der Waals surface area contributed by atoms with Crippen LogP contribution in [0.1, 0.15) is 46.2 Å². The van der Waals surface area contributed by atoms with Gasteiger partial charge in [-0.25, -0.2) is 4.98 Å². The van der Waals surface area contributed by atoms with Gasteiger partial charge in [-0.2, -0.15) is 0 Å². The number of piperidine rings is 1. The molecule has 4 rings (SSSR count). The predicted molar refractivity (Wildman–Crippen MR) is 92.5 cm³/mol. The number of aryl methyl sites for hydroxylation is 1. The summed E-state index contributed by atoms with van der Waals surface area (Å²) in [5.41, 5.74) is 1.74. The lowest BCUT2D eigenvalue weighted by molar-refractivity contribution is 0.0611. The average molecular weight is 342 g/mol. The van der Waals surface area contributed by atoms with Crippen molar-refractivity contribution < 1.29 is 4.79 Å². The van der Waals surface area contributed by atoms with E-state index in [1.165, 1.54) is 15.7 Å². The highest BCUT2D eigenvalue weighted by atomic mass is 32.1. The van der Waals surface area contributed by atoms with Gasteiger partial charge in [0.1, 0.15) is 0 Å². The standard InChI is InChI=1S/C17H18N4O2S/c1-11-8-14(24-10-11)16(23)20-6-3-2-4-13(20)12-9-15(22)21-7-5-18-17(21)19-12/h5,7-10,13H,2-4,6H2,1H3,(H,18,19)/t13-/m0/s1. The quantitative estimate of drug-likeness (QED) is 0.778. The molecule has 1 aliphatic heterocycles. The third kappa shape index (κ3) is 2.54. The Morgan fingerprint density at radius 3 is 3.04 bits per heavy atom. The maximum absolute atomic E-state index is 12.9. The van der Waals surface area contributed by atoms with Gasteiger partial charge in [0.15, 0.2) is 0 Å². The van der Waals surface area contributed by atoms with Crippen molar-refractivity contribution in [3.05, 3.63) is 56.4 Å². The van der Waals surface area contributed by atoms with E-state index in [1.54, 1.807) is 18.5 Å². The summed E-state index contributed by atoms with van der Waals surface area (Å²) < 4.78 is 1.47. The lowest BCUT2D eigenvalue weighted by atomic mass is 9.98. The molecule has 124 valence electrons. The summed E-state index contributed by atoms with van der Waals surface area (Å²) in [6, 6.07) is 3.41. The molecule has 1 amide bonds. The highest BCUT2D eigenvalue weighted by Crippen LogP contribution is 2.31. The molecule has 0 aliphatic carbocycles. The number of fused-ring (bicyclic) bond motifs is 1. The number of thiophene rings is 1. The van der Waals surface area contributed by atoms with E-state index in [-0.39, 0.29) is 17.5 Å². The van der Waals surface area contributed by atoms with Crippen LogP contribution in [0.25, 0.3) is 5.78 Å². The van der Waals surface area contributed by atoms with E-state index in [1.807, 2.05) is 23.3 Å². The van der Waals surface area contributed by atoms with E-state index in [0.717, 1.165) is 35.4 Å². The van der Waals surface area contributed by atoms with Gasteiger partial charge in [-0.1, -0.05) is 0 Å². The molecule has 1 aliphatic rings. The Kier molecular flexibility index (Phi) is 3.72. The van der Waals surface area contributed by atoms with Gasteiger partial charge < -0.3 is 9.88 Å². The fourth-order valence-corrected chi connectivity index (χ4v) is 4.16. The first-order valence-electron chi connectivity index (χ1n) is 8.06. The number of rotatable bonds is 2. The highest BCUT2D eigenvalue weighted by molar-refractivity contribution is 7.12. The molecule has 0 radical (unpaired) electrons. The van der Waals surface area contributed by atoms with Gasteiger partial charge in [-0.05, 0) is 43.2 Å². The Morgan fingerprint density at radius 1 is 1.38 bits per heavy atom. The van der Waals surface area contributed by atoms with Gasteiger partial charge in [-0.15, -0.1) is 11.3 Å². The zero-order chi connectivity index (χ0) is 16.7. The SMILES string of the molecule is Cc1csc(C(=O)N2CCCC[C@H]2c2cc(=O)n3ccnc3[nH]2)c1. The summed E-state index contributed by atoms with van der Waals surface area (Å²) in [6.45, 7) is 2.70. The average Bonchev–Trinajstić information content (AvgIpc) is 3.23. The van der Waals surface area contributed by atoms with E-state index >= 15 is 0 Å². The first kappa shape index (κ1) is 15.1. The monoisotopic (exact) mass is 342 g/mol. The number of nitrogens with zero attached hydrogens (tertiary/aromatic N) is 3. The molecule has 3 aromatic rings. The second-order valence-corrected chi connectivity index (χ2v) is 7.09. The molecular formula is C17H18N4O2S. The topological polar surface area (TPSA) is 70.5 Å². The Hall–Kier alpha value is -2.41. The second kappa shape index (κ2) is 5.90. The van der Waals surface area contributed by atoms with Crippen molar-refractivity contribution in [3.8, 4) is 0 Å². The first-order valence-corrected chi connectivity index (χ1v) is 8.94. The molecule has 1 fully saturated rings. The van der Waals surface area contributed by atoms with Crippen molar-refractivity contribution >= 4 is 23.0 Å². The van der Waals surface area contributed by atoms with Crippen LogP contribution in [0, 0.1) is 6.92 Å². The van der Waals surface area contributed by atoms with Gasteiger partial charge in [0, 0.05) is 30.7 Å². The highest BCUT2D eigenvalue weighted by Gasteiger charge is 2.30. The number of likely N-dealkylation sites (tertiary alicyclic amines) is 1. The molecule has 4 heterocycles. The van der Waals surface area contributed by atoms with Gasteiger partial charge in [0.2, 0.25) is 5.78 Å². The smallest absolute Gasteiger partial charge is 0.264 e. The minimum Gasteiger partial charge on any atom is -0.329 e. The summed E-state index contributed by atoms with van der Waals surface area (Å²) in [7, 11) is 0. The molecule has 0 bridgehead atoms. The molecule has 0 spiro atoms. The van der Waals surface area contributed by atoms with Crippen molar-refractivity contribution in [2.75, 3.05) is 6.54 Å². The van der Waals surface area contributed by atoms with Gasteiger partial charge in [-0.3, -0.25) is 14.0 Å². The lowest BCUT2D eigenvalue weighted by Gasteiger charge is -2.35. The number of imidazole rings is 1. The minimum absolute atomic E-state index is 0.0434. The number of carbonyl (C=O) groups is 1. The van der Waals surface area contributed by atoms with Crippen molar-refractivity contribution in [2.24, 2.45) is 0 Å². The zero-order valence-corrected chi connectivity index (χ0v) is 14.2. The molecule has 24 heavy (non-hydrogen) atoms. The Balaban J connectivity index is 1.73. The van der Waals surface area contributed by atoms with Crippen LogP contribution in [0.4, 0.5) is 0 Å².